The van der Waals surface area contributed by atoms with E-state index < -0.39 is 10.0 Å². The van der Waals surface area contributed by atoms with Crippen molar-refractivity contribution in [2.75, 3.05) is 12.5 Å². The first-order valence-corrected chi connectivity index (χ1v) is 9.32. The van der Waals surface area contributed by atoms with Gasteiger partial charge in [0.15, 0.2) is 0 Å². The summed E-state index contributed by atoms with van der Waals surface area (Å²) in [5, 5.41) is 1.85. The Bertz CT molecular complexity index is 380. The van der Waals surface area contributed by atoms with E-state index >= 15 is 0 Å². The van der Waals surface area contributed by atoms with Crippen molar-refractivity contribution < 1.29 is 0 Å². The lowest BCUT2D eigenvalue weighted by molar-refractivity contribution is 0.512. The van der Waals surface area contributed by atoms with Crippen LogP contribution in [0.1, 0.15) is 32.1 Å². The Kier molecular flexibility index (Phi) is 4.27. The monoisotopic (exact) mass is 291 g/mol. The van der Waals surface area contributed by atoms with Crippen LogP contribution in [0.15, 0.2) is 17.0 Å². The van der Waals surface area contributed by atoms with Gasteiger partial charge in [-0.1, -0.05) is 42.5 Å². The maximum Gasteiger partial charge on any atom is 0.131 e. The van der Waals surface area contributed by atoms with Crippen molar-refractivity contribution in [3.8, 4) is 0 Å². The molecule has 96 valence electrons. The molecule has 1 aliphatic carbocycles. The fourth-order valence-corrected chi connectivity index (χ4v) is 5.91. The highest BCUT2D eigenvalue weighted by atomic mass is 35.5. The molecular weight excluding hydrogens is 273 g/mol. The SMILES string of the molecule is CS(C)(c1cc(Cl)nc(Cl)c1)C1CCCCC1. The predicted octanol–water partition coefficient (Wildman–Crippen LogP) is 5.14. The van der Waals surface area contributed by atoms with Crippen LogP contribution in [0.25, 0.3) is 0 Å². The van der Waals surface area contributed by atoms with Gasteiger partial charge in [-0.2, -0.15) is 0 Å². The Morgan fingerprint density at radius 3 is 2.12 bits per heavy atom. The molecule has 17 heavy (non-hydrogen) atoms. The van der Waals surface area contributed by atoms with Gasteiger partial charge in [0.1, 0.15) is 10.3 Å². The third kappa shape index (κ3) is 3.10. The molecule has 0 aliphatic heterocycles. The maximum absolute atomic E-state index is 6.01. The van der Waals surface area contributed by atoms with Crippen LogP contribution in [-0.4, -0.2) is 22.7 Å². The fraction of sp³-hybridized carbons (Fsp3) is 0.615. The lowest BCUT2D eigenvalue weighted by Gasteiger charge is -2.42. The Balaban J connectivity index is 2.29. The van der Waals surface area contributed by atoms with Crippen LogP contribution in [0, 0.1) is 0 Å². The second kappa shape index (κ2) is 5.38. The van der Waals surface area contributed by atoms with E-state index in [0.29, 0.717) is 10.3 Å². The van der Waals surface area contributed by atoms with E-state index in [4.69, 9.17) is 23.2 Å². The van der Waals surface area contributed by atoms with Gasteiger partial charge < -0.3 is 0 Å². The van der Waals surface area contributed by atoms with Gasteiger partial charge >= 0.3 is 0 Å². The van der Waals surface area contributed by atoms with E-state index in [-0.39, 0.29) is 0 Å². The Labute approximate surface area is 115 Å². The summed E-state index contributed by atoms with van der Waals surface area (Å²) in [6, 6.07) is 3.99. The number of rotatable bonds is 2. The smallest absolute Gasteiger partial charge is 0.131 e. The van der Waals surface area contributed by atoms with Crippen molar-refractivity contribution in [2.45, 2.75) is 42.2 Å². The zero-order chi connectivity index (χ0) is 12.5. The van der Waals surface area contributed by atoms with E-state index in [1.807, 2.05) is 12.1 Å². The summed E-state index contributed by atoms with van der Waals surface area (Å²) in [7, 11) is -0.816. The van der Waals surface area contributed by atoms with Gasteiger partial charge in [0.2, 0.25) is 0 Å². The quantitative estimate of drug-likeness (QED) is 0.687. The van der Waals surface area contributed by atoms with Gasteiger partial charge in [0, 0.05) is 0 Å². The van der Waals surface area contributed by atoms with E-state index in [2.05, 4.69) is 17.5 Å². The standard InChI is InChI=1S/C13H19Cl2NS/c1-17(2,10-6-4-3-5-7-10)11-8-12(14)16-13(15)9-11/h8-10H,3-7H2,1-2H3. The molecule has 0 unspecified atom stereocenters. The maximum atomic E-state index is 6.01. The zero-order valence-corrected chi connectivity index (χ0v) is 12.7. The molecule has 1 nitrogen and oxygen atoms in total. The first-order chi connectivity index (χ1) is 8.00. The van der Waals surface area contributed by atoms with Gasteiger partial charge in [-0.15, -0.1) is 0 Å². The molecule has 0 spiro atoms. The summed E-state index contributed by atoms with van der Waals surface area (Å²) >= 11 is 12.0. The molecule has 0 saturated heterocycles. The van der Waals surface area contributed by atoms with Crippen LogP contribution in [-0.2, 0) is 0 Å². The second-order valence-electron chi connectivity index (χ2n) is 5.11. The minimum atomic E-state index is -0.816. The third-order valence-electron chi connectivity index (χ3n) is 3.73. The molecule has 0 atom stereocenters. The van der Waals surface area contributed by atoms with Crippen LogP contribution < -0.4 is 0 Å². The number of halogens is 2. The highest BCUT2D eigenvalue weighted by Gasteiger charge is 2.28. The molecule has 1 saturated carbocycles. The van der Waals surface area contributed by atoms with Crippen LogP contribution in [0.4, 0.5) is 0 Å². The number of aromatic nitrogens is 1. The average molecular weight is 292 g/mol. The van der Waals surface area contributed by atoms with Crippen molar-refractivity contribution >= 4 is 33.2 Å². The summed E-state index contributed by atoms with van der Waals surface area (Å²) in [5.41, 5.74) is 0. The first kappa shape index (κ1) is 13.5. The molecule has 1 heterocycles. The highest BCUT2D eigenvalue weighted by molar-refractivity contribution is 8.33. The normalized spacial score (nSPS) is 19.3. The molecule has 1 fully saturated rings. The van der Waals surface area contributed by atoms with Crippen LogP contribution >= 0.6 is 33.2 Å². The molecule has 0 aromatic carbocycles. The van der Waals surface area contributed by atoms with Gasteiger partial charge in [-0.25, -0.2) is 15.0 Å². The molecule has 4 heteroatoms. The fourth-order valence-electron chi connectivity index (χ4n) is 2.59. The number of nitrogens with zero attached hydrogens (tertiary/aromatic N) is 1. The van der Waals surface area contributed by atoms with E-state index in [1.165, 1.54) is 37.0 Å². The van der Waals surface area contributed by atoms with Crippen LogP contribution in [0.3, 0.4) is 0 Å². The van der Waals surface area contributed by atoms with Gasteiger partial charge in [-0.3, -0.25) is 0 Å². The summed E-state index contributed by atoms with van der Waals surface area (Å²) in [5.74, 6) is 0. The van der Waals surface area contributed by atoms with Crippen molar-refractivity contribution in [1.82, 2.24) is 4.98 Å². The Hall–Kier alpha value is 0.0800. The van der Waals surface area contributed by atoms with Crippen molar-refractivity contribution in [1.29, 1.82) is 0 Å². The lowest BCUT2D eigenvalue weighted by Crippen LogP contribution is -2.20. The minimum absolute atomic E-state index is 0.517. The zero-order valence-electron chi connectivity index (χ0n) is 10.4. The number of hydrogen-bond donors (Lipinski definition) is 0. The Morgan fingerprint density at radius 2 is 1.59 bits per heavy atom. The molecule has 0 radical (unpaired) electrons. The average Bonchev–Trinajstić information content (AvgIpc) is 2.29. The van der Waals surface area contributed by atoms with Crippen molar-refractivity contribution in [3.05, 3.63) is 22.4 Å². The van der Waals surface area contributed by atoms with E-state index in [0.717, 1.165) is 5.25 Å². The third-order valence-corrected chi connectivity index (χ3v) is 7.71. The van der Waals surface area contributed by atoms with Crippen LogP contribution in [0.2, 0.25) is 10.3 Å². The second-order valence-corrected chi connectivity index (χ2v) is 9.84. The summed E-state index contributed by atoms with van der Waals surface area (Å²) in [6.07, 6.45) is 11.6. The van der Waals surface area contributed by atoms with E-state index in [1.54, 1.807) is 0 Å². The molecule has 0 amide bonds. The first-order valence-electron chi connectivity index (χ1n) is 6.05. The molecule has 0 bridgehead atoms. The van der Waals surface area contributed by atoms with E-state index in [9.17, 15) is 0 Å². The Morgan fingerprint density at radius 1 is 1.06 bits per heavy atom. The largest absolute Gasteiger partial charge is 0.224 e. The van der Waals surface area contributed by atoms with Crippen molar-refractivity contribution in [2.24, 2.45) is 0 Å². The molecule has 1 aromatic rings. The minimum Gasteiger partial charge on any atom is -0.224 e. The summed E-state index contributed by atoms with van der Waals surface area (Å²) in [4.78, 5) is 5.34. The molecule has 2 rings (SSSR count). The number of hydrogen-bond acceptors (Lipinski definition) is 1. The molecule has 0 N–H and O–H groups in total. The predicted molar refractivity (Wildman–Crippen MR) is 78.8 cm³/mol. The highest BCUT2D eigenvalue weighted by Crippen LogP contribution is 2.58. The summed E-state index contributed by atoms with van der Waals surface area (Å²) in [6.45, 7) is 0. The van der Waals surface area contributed by atoms with Gasteiger partial charge in [0.05, 0.1) is 0 Å². The topological polar surface area (TPSA) is 12.9 Å². The molecule has 1 aromatic heterocycles. The summed E-state index contributed by atoms with van der Waals surface area (Å²) < 4.78 is 0. The van der Waals surface area contributed by atoms with Crippen molar-refractivity contribution in [3.63, 3.8) is 0 Å². The number of pyridine rings is 1. The van der Waals surface area contributed by atoms with Gasteiger partial charge in [-0.05, 0) is 47.6 Å². The lowest BCUT2D eigenvalue weighted by atomic mass is 10.0. The molecular formula is C13H19Cl2NS. The molecule has 1 aliphatic rings. The van der Waals surface area contributed by atoms with Gasteiger partial charge in [0.25, 0.3) is 0 Å². The van der Waals surface area contributed by atoms with Crippen LogP contribution in [0.5, 0.6) is 0 Å².